The molecule has 0 saturated carbocycles. The number of benzene rings is 1. The Morgan fingerprint density at radius 2 is 1.84 bits per heavy atom. The van der Waals surface area contributed by atoms with E-state index in [0.29, 0.717) is 12.3 Å². The molecule has 2 atom stereocenters. The van der Waals surface area contributed by atoms with Gasteiger partial charge in [-0.2, -0.15) is 5.10 Å². The zero-order valence-electron chi connectivity index (χ0n) is 16.3. The van der Waals surface area contributed by atoms with Gasteiger partial charge in [0.05, 0.1) is 11.7 Å². The summed E-state index contributed by atoms with van der Waals surface area (Å²) in [7, 11) is 0. The second kappa shape index (κ2) is 7.72. The fourth-order valence-electron chi connectivity index (χ4n) is 2.70. The Morgan fingerprint density at radius 1 is 1.16 bits per heavy atom. The molecule has 0 aliphatic rings. The molecule has 1 aromatic heterocycles. The normalized spacial score (nSPS) is 13.4. The van der Waals surface area contributed by atoms with Crippen molar-refractivity contribution < 1.29 is 9.53 Å². The zero-order valence-corrected chi connectivity index (χ0v) is 16.3. The molecule has 25 heavy (non-hydrogen) atoms. The molecule has 0 saturated heterocycles. The van der Waals surface area contributed by atoms with Crippen molar-refractivity contribution in [2.45, 2.75) is 60.6 Å². The Morgan fingerprint density at radius 3 is 2.40 bits per heavy atom. The summed E-state index contributed by atoms with van der Waals surface area (Å²) in [5.41, 5.74) is 5.72. The van der Waals surface area contributed by atoms with Crippen molar-refractivity contribution in [1.29, 1.82) is 0 Å². The van der Waals surface area contributed by atoms with Gasteiger partial charge >= 0.3 is 0 Å². The van der Waals surface area contributed by atoms with E-state index in [2.05, 4.69) is 31.2 Å². The van der Waals surface area contributed by atoms with Crippen LogP contribution in [0.15, 0.2) is 18.2 Å². The van der Waals surface area contributed by atoms with E-state index in [1.165, 1.54) is 11.1 Å². The largest absolute Gasteiger partial charge is 0.481 e. The van der Waals surface area contributed by atoms with E-state index < -0.39 is 6.10 Å². The van der Waals surface area contributed by atoms with Gasteiger partial charge in [-0.1, -0.05) is 6.07 Å². The number of amides is 1. The van der Waals surface area contributed by atoms with Crippen LogP contribution in [-0.2, 0) is 4.79 Å². The second-order valence-electron chi connectivity index (χ2n) is 6.84. The summed E-state index contributed by atoms with van der Waals surface area (Å²) in [5, 5.41) is 7.51. The van der Waals surface area contributed by atoms with Crippen molar-refractivity contribution >= 4 is 5.91 Å². The van der Waals surface area contributed by atoms with Crippen molar-refractivity contribution in [2.24, 2.45) is 0 Å². The minimum Gasteiger partial charge on any atom is -0.481 e. The van der Waals surface area contributed by atoms with E-state index in [1.807, 2.05) is 43.7 Å². The maximum atomic E-state index is 12.3. The summed E-state index contributed by atoms with van der Waals surface area (Å²) in [4.78, 5) is 12.3. The lowest BCUT2D eigenvalue weighted by atomic mass is 10.1. The molecular formula is C20H29N3O2. The zero-order chi connectivity index (χ0) is 18.7. The molecule has 2 rings (SSSR count). The number of aromatic nitrogens is 2. The smallest absolute Gasteiger partial charge is 0.260 e. The van der Waals surface area contributed by atoms with Crippen molar-refractivity contribution in [3.8, 4) is 5.75 Å². The first-order valence-electron chi connectivity index (χ1n) is 8.74. The number of hydrogen-bond acceptors (Lipinski definition) is 3. The quantitative estimate of drug-likeness (QED) is 0.872. The van der Waals surface area contributed by atoms with E-state index in [0.717, 1.165) is 17.0 Å². The molecule has 0 bridgehead atoms. The Kier molecular flexibility index (Phi) is 5.88. The second-order valence-corrected chi connectivity index (χ2v) is 6.84. The van der Waals surface area contributed by atoms with Crippen LogP contribution in [0.5, 0.6) is 5.75 Å². The van der Waals surface area contributed by atoms with Gasteiger partial charge in [0, 0.05) is 12.2 Å². The van der Waals surface area contributed by atoms with Gasteiger partial charge in [0.25, 0.3) is 5.91 Å². The highest BCUT2D eigenvalue weighted by molar-refractivity contribution is 5.80. The third kappa shape index (κ3) is 4.41. The van der Waals surface area contributed by atoms with Crippen LogP contribution in [0.2, 0.25) is 0 Å². The van der Waals surface area contributed by atoms with Crippen LogP contribution in [0.4, 0.5) is 0 Å². The topological polar surface area (TPSA) is 56.1 Å². The number of carbonyl (C=O) groups excluding carboxylic acids is 1. The van der Waals surface area contributed by atoms with Crippen molar-refractivity contribution in [3.05, 3.63) is 46.3 Å². The van der Waals surface area contributed by atoms with Crippen LogP contribution in [0, 0.1) is 34.6 Å². The third-order valence-corrected chi connectivity index (χ3v) is 4.84. The van der Waals surface area contributed by atoms with Gasteiger partial charge in [-0.25, -0.2) is 0 Å². The number of nitrogens with zero attached hydrogens (tertiary/aromatic N) is 2. The third-order valence-electron chi connectivity index (χ3n) is 4.84. The summed E-state index contributed by atoms with van der Waals surface area (Å²) in [5.74, 6) is 0.594. The van der Waals surface area contributed by atoms with Gasteiger partial charge in [-0.05, 0) is 77.3 Å². The molecule has 0 spiro atoms. The molecule has 1 N–H and O–H groups in total. The first kappa shape index (κ1) is 19.0. The summed E-state index contributed by atoms with van der Waals surface area (Å²) >= 11 is 0. The predicted octanol–water partition coefficient (Wildman–Crippen LogP) is 3.57. The maximum absolute atomic E-state index is 12.3. The van der Waals surface area contributed by atoms with E-state index in [1.54, 1.807) is 6.92 Å². The van der Waals surface area contributed by atoms with Gasteiger partial charge in [0.15, 0.2) is 6.10 Å². The highest BCUT2D eigenvalue weighted by Crippen LogP contribution is 2.18. The van der Waals surface area contributed by atoms with Gasteiger partial charge in [-0.15, -0.1) is 0 Å². The van der Waals surface area contributed by atoms with Crippen molar-refractivity contribution in [1.82, 2.24) is 15.1 Å². The monoisotopic (exact) mass is 343 g/mol. The Balaban J connectivity index is 1.92. The highest BCUT2D eigenvalue weighted by Gasteiger charge is 2.18. The standard InChI is InChI=1S/C20H29N3O2/c1-12-8-9-19(10-13(12)2)25-18(7)20(24)21-11-14(3)23-17(6)15(4)16(5)22-23/h8-10,14,18H,11H2,1-7H3,(H,21,24)/t14-,18-/m0/s1. The van der Waals surface area contributed by atoms with Crippen LogP contribution in [0.25, 0.3) is 0 Å². The van der Waals surface area contributed by atoms with Crippen LogP contribution >= 0.6 is 0 Å². The predicted molar refractivity (Wildman–Crippen MR) is 100 cm³/mol. The minimum atomic E-state index is -0.545. The molecule has 0 radical (unpaired) electrons. The highest BCUT2D eigenvalue weighted by atomic mass is 16.5. The fourth-order valence-corrected chi connectivity index (χ4v) is 2.70. The summed E-state index contributed by atoms with van der Waals surface area (Å²) < 4.78 is 7.73. The SMILES string of the molecule is Cc1ccc(O[C@@H](C)C(=O)NC[C@H](C)n2nc(C)c(C)c2C)cc1C. The molecule has 0 unspecified atom stereocenters. The number of hydrogen-bond donors (Lipinski definition) is 1. The van der Waals surface area contributed by atoms with Gasteiger partial charge in [0.2, 0.25) is 0 Å². The molecular weight excluding hydrogens is 314 g/mol. The first-order valence-corrected chi connectivity index (χ1v) is 8.74. The molecule has 1 amide bonds. The molecule has 1 aromatic carbocycles. The summed E-state index contributed by atoms with van der Waals surface area (Å²) in [6, 6.07) is 5.95. The number of aryl methyl sites for hydroxylation is 3. The molecule has 5 heteroatoms. The lowest BCUT2D eigenvalue weighted by molar-refractivity contribution is -0.127. The average molecular weight is 343 g/mol. The molecule has 2 aromatic rings. The molecule has 0 aliphatic heterocycles. The number of rotatable bonds is 6. The number of ether oxygens (including phenoxy) is 1. The van der Waals surface area contributed by atoms with Crippen LogP contribution in [0.1, 0.15) is 48.0 Å². The Hall–Kier alpha value is -2.30. The van der Waals surface area contributed by atoms with Crippen LogP contribution in [0.3, 0.4) is 0 Å². The fraction of sp³-hybridized carbons (Fsp3) is 0.500. The van der Waals surface area contributed by atoms with Crippen LogP contribution in [-0.4, -0.2) is 28.3 Å². The molecule has 0 fully saturated rings. The number of nitrogens with one attached hydrogen (secondary N) is 1. The summed E-state index contributed by atoms with van der Waals surface area (Å²) in [6.07, 6.45) is -0.545. The average Bonchev–Trinajstić information content (AvgIpc) is 2.83. The van der Waals surface area contributed by atoms with E-state index in [9.17, 15) is 4.79 Å². The first-order chi connectivity index (χ1) is 11.7. The lowest BCUT2D eigenvalue weighted by Gasteiger charge is -2.19. The molecule has 1 heterocycles. The van der Waals surface area contributed by atoms with Crippen LogP contribution < -0.4 is 10.1 Å². The Labute approximate surface area is 150 Å². The van der Waals surface area contributed by atoms with E-state index in [-0.39, 0.29) is 11.9 Å². The van der Waals surface area contributed by atoms with Gasteiger partial charge < -0.3 is 10.1 Å². The minimum absolute atomic E-state index is 0.0881. The molecule has 0 aliphatic carbocycles. The van der Waals surface area contributed by atoms with Crippen molar-refractivity contribution in [3.63, 3.8) is 0 Å². The number of carbonyl (C=O) groups is 1. The van der Waals surface area contributed by atoms with E-state index in [4.69, 9.17) is 4.74 Å². The van der Waals surface area contributed by atoms with Gasteiger partial charge in [-0.3, -0.25) is 9.48 Å². The lowest BCUT2D eigenvalue weighted by Crippen LogP contribution is -2.39. The van der Waals surface area contributed by atoms with Gasteiger partial charge in [0.1, 0.15) is 5.75 Å². The molecule has 5 nitrogen and oxygen atoms in total. The Bertz CT molecular complexity index is 765. The molecule has 136 valence electrons. The van der Waals surface area contributed by atoms with Crippen molar-refractivity contribution in [2.75, 3.05) is 6.54 Å². The van der Waals surface area contributed by atoms with E-state index >= 15 is 0 Å². The summed E-state index contributed by atoms with van der Waals surface area (Å²) in [6.45, 7) is 14.5. The maximum Gasteiger partial charge on any atom is 0.260 e.